The van der Waals surface area contributed by atoms with E-state index < -0.39 is 5.60 Å². The van der Waals surface area contributed by atoms with E-state index in [1.54, 1.807) is 6.08 Å². The highest BCUT2D eigenvalue weighted by molar-refractivity contribution is 5.75. The van der Waals surface area contributed by atoms with Gasteiger partial charge in [0.05, 0.1) is 5.92 Å². The number of hydroxylamine groups is 1. The zero-order valence-corrected chi connectivity index (χ0v) is 8.16. The van der Waals surface area contributed by atoms with Gasteiger partial charge < -0.3 is 9.57 Å². The lowest BCUT2D eigenvalue weighted by molar-refractivity contribution is -0.159. The van der Waals surface area contributed by atoms with E-state index in [9.17, 15) is 4.79 Å². The van der Waals surface area contributed by atoms with Gasteiger partial charge in [-0.1, -0.05) is 0 Å². The summed E-state index contributed by atoms with van der Waals surface area (Å²) in [6.07, 6.45) is 3.14. The first-order valence-corrected chi connectivity index (χ1v) is 4.27. The van der Waals surface area contributed by atoms with Crippen molar-refractivity contribution in [3.8, 4) is 0 Å². The third-order valence-electron chi connectivity index (χ3n) is 1.48. The van der Waals surface area contributed by atoms with Gasteiger partial charge in [-0.3, -0.25) is 4.79 Å². The molecule has 0 aromatic carbocycles. The van der Waals surface area contributed by atoms with E-state index in [1.165, 1.54) is 6.26 Å². The summed E-state index contributed by atoms with van der Waals surface area (Å²) in [5.41, 5.74) is 2.19. The van der Waals surface area contributed by atoms with E-state index >= 15 is 0 Å². The van der Waals surface area contributed by atoms with Crippen molar-refractivity contribution < 1.29 is 14.4 Å². The highest BCUT2D eigenvalue weighted by Crippen LogP contribution is 2.13. The smallest absolute Gasteiger partial charge is 0.314 e. The zero-order valence-electron chi connectivity index (χ0n) is 8.16. The maximum absolute atomic E-state index is 11.4. The standard InChI is InChI=1S/C9H15NO3/c1-9(2,3)13-8(11)7-4-5-12-10-6-7/h4-5,7,10H,6H2,1-3H3. The average Bonchev–Trinajstić information content (AvgIpc) is 2.03. The molecule has 0 radical (unpaired) electrons. The summed E-state index contributed by atoms with van der Waals surface area (Å²) < 4.78 is 5.19. The summed E-state index contributed by atoms with van der Waals surface area (Å²) >= 11 is 0. The first kappa shape index (κ1) is 10.1. The minimum Gasteiger partial charge on any atom is -0.459 e. The summed E-state index contributed by atoms with van der Waals surface area (Å²) in [5, 5.41) is 0. The number of nitrogens with one attached hydrogen (secondary N) is 1. The van der Waals surface area contributed by atoms with Crippen molar-refractivity contribution in [3.63, 3.8) is 0 Å². The second kappa shape index (κ2) is 3.79. The van der Waals surface area contributed by atoms with E-state index in [1.807, 2.05) is 20.8 Å². The molecule has 0 aromatic heterocycles. The van der Waals surface area contributed by atoms with Crippen molar-refractivity contribution in [3.05, 3.63) is 12.3 Å². The molecule has 1 N–H and O–H groups in total. The lowest BCUT2D eigenvalue weighted by Crippen LogP contribution is -2.35. The van der Waals surface area contributed by atoms with E-state index in [4.69, 9.17) is 9.57 Å². The predicted molar refractivity (Wildman–Crippen MR) is 47.6 cm³/mol. The van der Waals surface area contributed by atoms with Crippen molar-refractivity contribution in [2.45, 2.75) is 26.4 Å². The van der Waals surface area contributed by atoms with Crippen LogP contribution in [0.4, 0.5) is 0 Å². The number of ether oxygens (including phenoxy) is 1. The van der Waals surface area contributed by atoms with Gasteiger partial charge in [-0.15, -0.1) is 0 Å². The van der Waals surface area contributed by atoms with Crippen LogP contribution in [0.15, 0.2) is 12.3 Å². The Kier molecular flexibility index (Phi) is 2.93. The Bertz CT molecular complexity index is 217. The molecule has 0 spiro atoms. The van der Waals surface area contributed by atoms with Crippen LogP contribution < -0.4 is 5.48 Å². The molecule has 0 fully saturated rings. The van der Waals surface area contributed by atoms with E-state index in [-0.39, 0.29) is 11.9 Å². The minimum atomic E-state index is -0.427. The molecule has 0 amide bonds. The molecule has 1 aliphatic rings. The van der Waals surface area contributed by atoms with Gasteiger partial charge in [-0.25, -0.2) is 0 Å². The van der Waals surface area contributed by atoms with Crippen LogP contribution in [-0.2, 0) is 14.4 Å². The van der Waals surface area contributed by atoms with Crippen molar-refractivity contribution in [1.29, 1.82) is 0 Å². The molecular formula is C9H15NO3. The normalized spacial score (nSPS) is 22.2. The molecule has 1 aliphatic heterocycles. The Labute approximate surface area is 77.9 Å². The summed E-state index contributed by atoms with van der Waals surface area (Å²) in [7, 11) is 0. The van der Waals surface area contributed by atoms with Crippen LogP contribution in [0.5, 0.6) is 0 Å². The highest BCUT2D eigenvalue weighted by atomic mass is 16.6. The molecular weight excluding hydrogens is 170 g/mol. The summed E-state index contributed by atoms with van der Waals surface area (Å²) in [5.74, 6) is -0.465. The number of hydrogen-bond acceptors (Lipinski definition) is 4. The first-order valence-electron chi connectivity index (χ1n) is 4.27. The summed E-state index contributed by atoms with van der Waals surface area (Å²) in [6, 6.07) is 0. The van der Waals surface area contributed by atoms with Gasteiger partial charge in [0.25, 0.3) is 0 Å². The molecule has 4 heteroatoms. The second-order valence-corrected chi connectivity index (χ2v) is 3.93. The molecule has 1 unspecified atom stereocenters. The fourth-order valence-electron chi connectivity index (χ4n) is 0.928. The van der Waals surface area contributed by atoms with E-state index in [2.05, 4.69) is 5.48 Å². The van der Waals surface area contributed by atoms with Crippen molar-refractivity contribution in [1.82, 2.24) is 5.48 Å². The highest BCUT2D eigenvalue weighted by Gasteiger charge is 2.24. The maximum Gasteiger partial charge on any atom is 0.314 e. The Morgan fingerprint density at radius 3 is 2.77 bits per heavy atom. The van der Waals surface area contributed by atoms with E-state index in [0.29, 0.717) is 6.54 Å². The molecule has 0 bridgehead atoms. The molecule has 1 heterocycles. The number of carbonyl (C=O) groups excluding carboxylic acids is 1. The van der Waals surface area contributed by atoms with Crippen LogP contribution >= 0.6 is 0 Å². The van der Waals surface area contributed by atoms with Crippen molar-refractivity contribution in [2.75, 3.05) is 6.54 Å². The lowest BCUT2D eigenvalue weighted by atomic mass is 10.1. The number of hydrogen-bond donors (Lipinski definition) is 1. The van der Waals surface area contributed by atoms with Crippen LogP contribution in [-0.4, -0.2) is 18.1 Å². The van der Waals surface area contributed by atoms with Gasteiger partial charge in [0.15, 0.2) is 0 Å². The van der Waals surface area contributed by atoms with Crippen LogP contribution in [0.2, 0.25) is 0 Å². The summed E-state index contributed by atoms with van der Waals surface area (Å²) in [6.45, 7) is 6.01. The van der Waals surface area contributed by atoms with Gasteiger partial charge in [0.1, 0.15) is 11.9 Å². The molecule has 0 aromatic rings. The second-order valence-electron chi connectivity index (χ2n) is 3.93. The van der Waals surface area contributed by atoms with Gasteiger partial charge in [0, 0.05) is 6.54 Å². The first-order chi connectivity index (χ1) is 5.99. The van der Waals surface area contributed by atoms with Crippen LogP contribution in [0.1, 0.15) is 20.8 Å². The molecule has 0 saturated heterocycles. The molecule has 0 saturated carbocycles. The van der Waals surface area contributed by atoms with Crippen molar-refractivity contribution in [2.24, 2.45) is 5.92 Å². The van der Waals surface area contributed by atoms with Crippen LogP contribution in [0.3, 0.4) is 0 Å². The topological polar surface area (TPSA) is 47.6 Å². The average molecular weight is 185 g/mol. The number of carbonyl (C=O) groups is 1. The molecule has 13 heavy (non-hydrogen) atoms. The van der Waals surface area contributed by atoms with Crippen LogP contribution in [0, 0.1) is 5.92 Å². The SMILES string of the molecule is CC(C)(C)OC(=O)C1C=CONC1. The Morgan fingerprint density at radius 2 is 2.31 bits per heavy atom. The molecule has 1 atom stereocenters. The van der Waals surface area contributed by atoms with Gasteiger partial charge in [0.2, 0.25) is 0 Å². The zero-order chi connectivity index (χ0) is 9.90. The number of rotatable bonds is 1. The third-order valence-corrected chi connectivity index (χ3v) is 1.48. The predicted octanol–water partition coefficient (Wildman–Crippen LogP) is 0.993. The van der Waals surface area contributed by atoms with Crippen LogP contribution in [0.25, 0.3) is 0 Å². The molecule has 74 valence electrons. The Hall–Kier alpha value is -1.03. The monoisotopic (exact) mass is 185 g/mol. The largest absolute Gasteiger partial charge is 0.459 e. The third kappa shape index (κ3) is 3.46. The Balaban J connectivity index is 2.47. The maximum atomic E-state index is 11.4. The molecule has 0 aliphatic carbocycles. The number of esters is 1. The lowest BCUT2D eigenvalue weighted by Gasteiger charge is -2.23. The van der Waals surface area contributed by atoms with Gasteiger partial charge in [-0.2, -0.15) is 5.48 Å². The van der Waals surface area contributed by atoms with Crippen molar-refractivity contribution >= 4 is 5.97 Å². The fraction of sp³-hybridized carbons (Fsp3) is 0.667. The Morgan fingerprint density at radius 1 is 1.62 bits per heavy atom. The van der Waals surface area contributed by atoms with Gasteiger partial charge >= 0.3 is 5.97 Å². The fourth-order valence-corrected chi connectivity index (χ4v) is 0.928. The summed E-state index contributed by atoms with van der Waals surface area (Å²) in [4.78, 5) is 16.2. The molecule has 1 rings (SSSR count). The van der Waals surface area contributed by atoms with E-state index in [0.717, 1.165) is 0 Å². The van der Waals surface area contributed by atoms with Gasteiger partial charge in [-0.05, 0) is 26.8 Å². The minimum absolute atomic E-state index is 0.223. The molecule has 4 nitrogen and oxygen atoms in total. The quantitative estimate of drug-likeness (QED) is 0.619.